The molecule has 9 heteroatoms. The summed E-state index contributed by atoms with van der Waals surface area (Å²) >= 11 is 7.93. The zero-order chi connectivity index (χ0) is 19.5. The molecule has 2 aliphatic heterocycles. The van der Waals surface area contributed by atoms with Crippen LogP contribution in [0, 0.1) is 6.92 Å². The lowest BCUT2D eigenvalue weighted by Crippen LogP contribution is -2.41. The van der Waals surface area contributed by atoms with Gasteiger partial charge in [0.1, 0.15) is 13.2 Å². The molecule has 1 aromatic carbocycles. The van der Waals surface area contributed by atoms with Gasteiger partial charge < -0.3 is 24.6 Å². The van der Waals surface area contributed by atoms with Gasteiger partial charge in [0.15, 0.2) is 16.6 Å². The number of anilines is 1. The number of nitrogens with one attached hydrogen (secondary N) is 1. The molecule has 1 aromatic heterocycles. The molecule has 2 aliphatic rings. The molecule has 1 fully saturated rings. The average molecular weight is 423 g/mol. The Balaban J connectivity index is 1.33. The highest BCUT2D eigenvalue weighted by Gasteiger charge is 2.21. The van der Waals surface area contributed by atoms with Gasteiger partial charge in [0.25, 0.3) is 0 Å². The number of carbonyl (C=O) groups is 1. The van der Waals surface area contributed by atoms with E-state index in [9.17, 15) is 4.79 Å². The third-order valence-corrected chi connectivity index (χ3v) is 6.06. The molecule has 0 bridgehead atoms. The number of ether oxygens (including phenoxy) is 2. The van der Waals surface area contributed by atoms with Gasteiger partial charge in [-0.1, -0.05) is 11.6 Å². The van der Waals surface area contributed by atoms with Gasteiger partial charge in [-0.15, -0.1) is 11.3 Å². The number of benzene rings is 1. The van der Waals surface area contributed by atoms with Crippen LogP contribution in [0.5, 0.6) is 11.5 Å². The van der Waals surface area contributed by atoms with Gasteiger partial charge in [0.05, 0.1) is 10.7 Å². The number of aryl methyl sites for hydroxylation is 1. The predicted molar refractivity (Wildman–Crippen MR) is 110 cm³/mol. The van der Waals surface area contributed by atoms with Gasteiger partial charge in [0, 0.05) is 38.1 Å². The molecule has 4 rings (SSSR count). The molecule has 1 saturated heterocycles. The van der Waals surface area contributed by atoms with Gasteiger partial charge in [-0.3, -0.25) is 0 Å². The highest BCUT2D eigenvalue weighted by Crippen LogP contribution is 2.38. The van der Waals surface area contributed by atoms with E-state index < -0.39 is 0 Å². The van der Waals surface area contributed by atoms with Crippen molar-refractivity contribution in [3.63, 3.8) is 0 Å². The minimum Gasteiger partial charge on any atom is -0.486 e. The first-order valence-electron chi connectivity index (χ1n) is 9.38. The maximum Gasteiger partial charge on any atom is 0.317 e. The Morgan fingerprint density at radius 3 is 2.93 bits per heavy atom. The number of amides is 2. The number of hydrogen-bond donors (Lipinski definition) is 1. The van der Waals surface area contributed by atoms with Crippen molar-refractivity contribution in [1.82, 2.24) is 15.2 Å². The fraction of sp³-hybridized carbons (Fsp3) is 0.474. The van der Waals surface area contributed by atoms with Crippen LogP contribution in [0.3, 0.4) is 0 Å². The van der Waals surface area contributed by atoms with Gasteiger partial charge >= 0.3 is 6.03 Å². The minimum atomic E-state index is -0.0665. The van der Waals surface area contributed by atoms with E-state index in [1.165, 1.54) is 0 Å². The molecule has 2 aromatic rings. The Hall–Kier alpha value is -2.19. The maximum absolute atomic E-state index is 12.6. The van der Waals surface area contributed by atoms with Crippen molar-refractivity contribution >= 4 is 34.1 Å². The van der Waals surface area contributed by atoms with E-state index in [1.54, 1.807) is 11.3 Å². The summed E-state index contributed by atoms with van der Waals surface area (Å²) < 4.78 is 11.1. The Kier molecular flexibility index (Phi) is 5.77. The second kappa shape index (κ2) is 8.45. The van der Waals surface area contributed by atoms with Gasteiger partial charge in [-0.2, -0.15) is 0 Å². The zero-order valence-electron chi connectivity index (χ0n) is 15.7. The van der Waals surface area contributed by atoms with Crippen LogP contribution in [0.1, 0.15) is 17.7 Å². The molecule has 1 N–H and O–H groups in total. The number of hydrogen-bond acceptors (Lipinski definition) is 6. The Labute approximate surface area is 173 Å². The number of fused-ring (bicyclic) bond motifs is 1. The number of rotatable bonds is 3. The molecule has 0 radical (unpaired) electrons. The molecule has 0 unspecified atom stereocenters. The zero-order valence-corrected chi connectivity index (χ0v) is 17.3. The van der Waals surface area contributed by atoms with Crippen molar-refractivity contribution in [2.75, 3.05) is 44.3 Å². The van der Waals surface area contributed by atoms with Crippen LogP contribution < -0.4 is 19.7 Å². The number of aromatic nitrogens is 1. The predicted octanol–water partition coefficient (Wildman–Crippen LogP) is 3.30. The highest BCUT2D eigenvalue weighted by molar-refractivity contribution is 7.13. The maximum atomic E-state index is 12.6. The van der Waals surface area contributed by atoms with Crippen LogP contribution in [0.25, 0.3) is 0 Å². The molecule has 0 atom stereocenters. The first-order chi connectivity index (χ1) is 13.6. The van der Waals surface area contributed by atoms with E-state index in [2.05, 4.69) is 20.6 Å². The van der Waals surface area contributed by atoms with Crippen molar-refractivity contribution in [3.05, 3.63) is 33.8 Å². The monoisotopic (exact) mass is 422 g/mol. The summed E-state index contributed by atoms with van der Waals surface area (Å²) in [7, 11) is 0. The molecule has 3 heterocycles. The summed E-state index contributed by atoms with van der Waals surface area (Å²) in [4.78, 5) is 21.3. The number of nitrogens with zero attached hydrogens (tertiary/aromatic N) is 3. The standard InChI is InChI=1S/C19H23ClN4O3S/c1-13-12-28-19(22-13)24-4-2-3-23(5-6-24)18(25)21-11-14-9-15(20)17-16(10-14)26-7-8-27-17/h9-10,12H,2-8,11H2,1H3,(H,21,25). The van der Waals surface area contributed by atoms with Crippen molar-refractivity contribution in [2.45, 2.75) is 19.9 Å². The fourth-order valence-corrected chi connectivity index (χ4v) is 4.50. The van der Waals surface area contributed by atoms with Gasteiger partial charge in [-0.25, -0.2) is 9.78 Å². The van der Waals surface area contributed by atoms with Crippen LogP contribution in [-0.4, -0.2) is 55.3 Å². The Morgan fingerprint density at radius 1 is 1.25 bits per heavy atom. The lowest BCUT2D eigenvalue weighted by Gasteiger charge is -2.23. The SMILES string of the molecule is Cc1csc(N2CCCN(C(=O)NCc3cc(Cl)c4c(c3)OCCO4)CC2)n1. The normalized spacial score (nSPS) is 16.6. The first-order valence-corrected chi connectivity index (χ1v) is 10.6. The Morgan fingerprint density at radius 2 is 2.11 bits per heavy atom. The van der Waals surface area contributed by atoms with Crippen molar-refractivity contribution < 1.29 is 14.3 Å². The summed E-state index contributed by atoms with van der Waals surface area (Å²) in [6.45, 7) is 6.49. The molecule has 2 amide bonds. The summed E-state index contributed by atoms with van der Waals surface area (Å²) in [5.41, 5.74) is 1.93. The van der Waals surface area contributed by atoms with Gasteiger partial charge in [0.2, 0.25) is 0 Å². The molecular weight excluding hydrogens is 400 g/mol. The fourth-order valence-electron chi connectivity index (χ4n) is 3.35. The molecular formula is C19H23ClN4O3S. The summed E-state index contributed by atoms with van der Waals surface area (Å²) in [5, 5.41) is 6.59. The van der Waals surface area contributed by atoms with Crippen molar-refractivity contribution in [2.24, 2.45) is 0 Å². The quantitative estimate of drug-likeness (QED) is 0.822. The lowest BCUT2D eigenvalue weighted by atomic mass is 10.2. The molecule has 0 spiro atoms. The van der Waals surface area contributed by atoms with Gasteiger partial charge in [-0.05, 0) is 31.0 Å². The van der Waals surface area contributed by atoms with E-state index in [1.807, 2.05) is 24.0 Å². The summed E-state index contributed by atoms with van der Waals surface area (Å²) in [6, 6.07) is 3.61. The second-order valence-corrected chi connectivity index (χ2v) is 8.10. The smallest absolute Gasteiger partial charge is 0.317 e. The topological polar surface area (TPSA) is 66.9 Å². The lowest BCUT2D eigenvalue weighted by molar-refractivity contribution is 0.171. The third-order valence-electron chi connectivity index (χ3n) is 4.76. The van der Waals surface area contributed by atoms with Crippen molar-refractivity contribution in [3.8, 4) is 11.5 Å². The highest BCUT2D eigenvalue weighted by atomic mass is 35.5. The Bertz CT molecular complexity index is 860. The molecule has 0 saturated carbocycles. The average Bonchev–Trinajstić information content (AvgIpc) is 2.98. The van der Waals surface area contributed by atoms with Crippen LogP contribution in [0.15, 0.2) is 17.5 Å². The van der Waals surface area contributed by atoms with E-state index in [0.29, 0.717) is 42.8 Å². The van der Waals surface area contributed by atoms with E-state index in [0.717, 1.165) is 42.4 Å². The molecule has 150 valence electrons. The minimum absolute atomic E-state index is 0.0665. The number of halogens is 1. The molecule has 28 heavy (non-hydrogen) atoms. The van der Waals surface area contributed by atoms with Crippen molar-refractivity contribution in [1.29, 1.82) is 0 Å². The van der Waals surface area contributed by atoms with E-state index in [-0.39, 0.29) is 6.03 Å². The summed E-state index contributed by atoms with van der Waals surface area (Å²) in [6.07, 6.45) is 0.919. The summed E-state index contributed by atoms with van der Waals surface area (Å²) in [5.74, 6) is 1.21. The molecule has 7 nitrogen and oxygen atoms in total. The largest absolute Gasteiger partial charge is 0.486 e. The number of thiazole rings is 1. The van der Waals surface area contributed by atoms with E-state index >= 15 is 0 Å². The third kappa shape index (κ3) is 4.28. The molecule has 0 aliphatic carbocycles. The van der Waals surface area contributed by atoms with Crippen LogP contribution in [-0.2, 0) is 6.54 Å². The van der Waals surface area contributed by atoms with Crippen LogP contribution in [0.2, 0.25) is 5.02 Å². The first kappa shape index (κ1) is 19.1. The second-order valence-electron chi connectivity index (χ2n) is 6.86. The van der Waals surface area contributed by atoms with E-state index in [4.69, 9.17) is 21.1 Å². The number of carbonyl (C=O) groups excluding carboxylic acids is 1. The van der Waals surface area contributed by atoms with Crippen LogP contribution >= 0.6 is 22.9 Å². The van der Waals surface area contributed by atoms with Crippen LogP contribution in [0.4, 0.5) is 9.93 Å². The number of urea groups is 1.